The van der Waals surface area contributed by atoms with Gasteiger partial charge in [0.2, 0.25) is 0 Å². The van der Waals surface area contributed by atoms with Gasteiger partial charge in [-0.25, -0.2) is 14.6 Å². The monoisotopic (exact) mass is 507 g/mol. The van der Waals surface area contributed by atoms with E-state index in [0.29, 0.717) is 6.54 Å². The van der Waals surface area contributed by atoms with Gasteiger partial charge in [-0.05, 0) is 57.8 Å². The molecule has 0 radical (unpaired) electrons. The zero-order valence-electron chi connectivity index (χ0n) is 20.2. The molecule has 3 aliphatic rings. The van der Waals surface area contributed by atoms with E-state index in [1.54, 1.807) is 0 Å². The number of carbonyl (C=O) groups is 5. The Bertz CT molecular complexity index is 938. The fraction of sp³-hybridized carbons (Fsp3) is 0.583. The highest BCUT2D eigenvalue weighted by molar-refractivity contribution is 6.26. The number of anilines is 1. The van der Waals surface area contributed by atoms with Crippen LogP contribution in [0, 0.1) is 0 Å². The topological polar surface area (TPSA) is 203 Å². The largest absolute Gasteiger partial charge is 0.539 e. The van der Waals surface area contributed by atoms with E-state index in [1.165, 1.54) is 78.0 Å². The molecular formula is C24H33N3O9. The summed E-state index contributed by atoms with van der Waals surface area (Å²) in [5.74, 6) is -7.80. The first kappa shape index (κ1) is 28.7. The first-order chi connectivity index (χ1) is 17.1. The maximum absolute atomic E-state index is 12.7. The van der Waals surface area contributed by atoms with E-state index in [2.05, 4.69) is 10.3 Å². The second kappa shape index (κ2) is 14.1. The van der Waals surface area contributed by atoms with Crippen LogP contribution in [0.15, 0.2) is 0 Å². The molecule has 5 N–H and O–H groups in total. The quantitative estimate of drug-likeness (QED) is 0.306. The van der Waals surface area contributed by atoms with E-state index in [9.17, 15) is 4.79 Å². The minimum absolute atomic E-state index is 0.222. The molecule has 1 aliphatic heterocycles. The lowest BCUT2D eigenvalue weighted by Gasteiger charge is -2.20. The summed E-state index contributed by atoms with van der Waals surface area (Å²) < 4.78 is 0. The molecule has 0 aromatic carbocycles. The number of hydrogen-bond donors (Lipinski definition) is 4. The number of H-pyrrole nitrogens is 1. The predicted octanol–water partition coefficient (Wildman–Crippen LogP) is -3.09. The van der Waals surface area contributed by atoms with Gasteiger partial charge >= 0.3 is 11.9 Å². The third kappa shape index (κ3) is 8.91. The van der Waals surface area contributed by atoms with Crippen molar-refractivity contribution in [1.29, 1.82) is 0 Å². The number of aromatic amines is 1. The molecule has 4 rings (SSSR count). The molecule has 0 saturated carbocycles. The molecule has 0 bridgehead atoms. The van der Waals surface area contributed by atoms with Crippen LogP contribution in [0.1, 0.15) is 67.5 Å². The van der Waals surface area contributed by atoms with Gasteiger partial charge in [0.05, 0.1) is 18.8 Å². The van der Waals surface area contributed by atoms with Crippen molar-refractivity contribution in [2.24, 2.45) is 0 Å². The number of aryl methyl sites for hydroxylation is 2. The highest BCUT2D eigenvalue weighted by atomic mass is 16.4. The third-order valence-corrected chi connectivity index (χ3v) is 6.43. The lowest BCUT2D eigenvalue weighted by molar-refractivity contribution is -0.890. The molecule has 12 nitrogen and oxygen atoms in total. The van der Waals surface area contributed by atoms with Crippen molar-refractivity contribution in [2.75, 3.05) is 25.0 Å². The van der Waals surface area contributed by atoms with Crippen LogP contribution < -0.4 is 25.4 Å². The minimum atomic E-state index is -2.07. The standard InChI is InChI=1S/C20H29N3O.2C2H2O4/c24-19(14-23-12-5-1-2-6-13-23)22-20-15-8-3-4-10-17(15)21-18-11-7-9-16(18)20;2*3-1(4)2(5)6/h1-14H2,(H,21,22,24);2*(H,3,4)(H,5,6). The summed E-state index contributed by atoms with van der Waals surface area (Å²) in [5, 5.41) is 36.0. The molecule has 1 fully saturated rings. The lowest BCUT2D eigenvalue weighted by atomic mass is 9.92. The number of pyridine rings is 1. The van der Waals surface area contributed by atoms with Gasteiger partial charge in [-0.2, -0.15) is 0 Å². The summed E-state index contributed by atoms with van der Waals surface area (Å²) in [6.45, 7) is 2.96. The van der Waals surface area contributed by atoms with Gasteiger partial charge in [-0.3, -0.25) is 4.79 Å². The zero-order valence-corrected chi connectivity index (χ0v) is 20.2. The van der Waals surface area contributed by atoms with Crippen LogP contribution in [0.25, 0.3) is 0 Å². The first-order valence-corrected chi connectivity index (χ1v) is 12.2. The van der Waals surface area contributed by atoms with Crippen molar-refractivity contribution >= 4 is 35.5 Å². The van der Waals surface area contributed by atoms with E-state index in [4.69, 9.17) is 39.6 Å². The van der Waals surface area contributed by atoms with E-state index in [1.807, 2.05) is 0 Å². The Hall–Kier alpha value is -3.54. The van der Waals surface area contributed by atoms with Gasteiger partial charge in [-0.1, -0.05) is 0 Å². The predicted molar refractivity (Wildman–Crippen MR) is 120 cm³/mol. The Morgan fingerprint density at radius 3 is 1.67 bits per heavy atom. The molecule has 1 aromatic rings. The smallest absolute Gasteiger partial charge is 0.351 e. The second-order valence-electron chi connectivity index (χ2n) is 9.05. The van der Waals surface area contributed by atoms with Gasteiger partial charge < -0.3 is 40.2 Å². The van der Waals surface area contributed by atoms with Crippen LogP contribution in [-0.2, 0) is 49.7 Å². The molecule has 1 amide bonds. The Kier molecular flexibility index (Phi) is 11.3. The van der Waals surface area contributed by atoms with Crippen LogP contribution in [-0.4, -0.2) is 59.6 Å². The van der Waals surface area contributed by atoms with Crippen molar-refractivity contribution < 1.29 is 54.3 Å². The molecule has 1 aromatic heterocycles. The number of carboxylic acid groups (broad SMARTS) is 4. The van der Waals surface area contributed by atoms with Gasteiger partial charge in [0, 0.05) is 24.0 Å². The SMILES string of the molecule is O=C(C[NH+]1CCCCCC1)Nc1c2c([nH+]c3c1CCC3)CCCC2.O=C([O-])C(=O)O.O=C([O-])C(=O)O. The minimum Gasteiger partial charge on any atom is -0.539 e. The Balaban J connectivity index is 0.000000319. The summed E-state index contributed by atoms with van der Waals surface area (Å²) in [6.07, 6.45) is 13.5. The first-order valence-electron chi connectivity index (χ1n) is 12.2. The van der Waals surface area contributed by atoms with Crippen LogP contribution in [0.2, 0.25) is 0 Å². The van der Waals surface area contributed by atoms with Crippen molar-refractivity contribution in [3.63, 3.8) is 0 Å². The van der Waals surface area contributed by atoms with Crippen molar-refractivity contribution in [3.8, 4) is 0 Å². The van der Waals surface area contributed by atoms with E-state index < -0.39 is 23.9 Å². The molecule has 36 heavy (non-hydrogen) atoms. The number of rotatable bonds is 3. The molecular weight excluding hydrogens is 474 g/mol. The normalized spacial score (nSPS) is 16.4. The number of aliphatic carboxylic acids is 4. The summed E-state index contributed by atoms with van der Waals surface area (Å²) in [4.78, 5) is 53.9. The number of carboxylic acids is 4. The number of carbonyl (C=O) groups excluding carboxylic acids is 3. The summed E-state index contributed by atoms with van der Waals surface area (Å²) >= 11 is 0. The fourth-order valence-corrected chi connectivity index (χ4v) is 4.81. The summed E-state index contributed by atoms with van der Waals surface area (Å²) in [5.41, 5.74) is 6.76. The molecule has 2 heterocycles. The third-order valence-electron chi connectivity index (χ3n) is 6.43. The van der Waals surface area contributed by atoms with Crippen LogP contribution >= 0.6 is 0 Å². The van der Waals surface area contributed by atoms with Crippen molar-refractivity contribution in [3.05, 3.63) is 22.5 Å². The number of fused-ring (bicyclic) bond motifs is 2. The highest BCUT2D eigenvalue weighted by Gasteiger charge is 2.30. The maximum atomic E-state index is 12.7. The van der Waals surface area contributed by atoms with Crippen LogP contribution in [0.4, 0.5) is 5.69 Å². The summed E-state index contributed by atoms with van der Waals surface area (Å²) in [6, 6.07) is 0. The number of aromatic nitrogens is 1. The molecule has 0 unspecified atom stereocenters. The van der Waals surface area contributed by atoms with Crippen molar-refractivity contribution in [1.82, 2.24) is 0 Å². The van der Waals surface area contributed by atoms with E-state index in [-0.39, 0.29) is 5.91 Å². The lowest BCUT2D eigenvalue weighted by Crippen LogP contribution is -3.12. The maximum Gasteiger partial charge on any atom is 0.351 e. The van der Waals surface area contributed by atoms with Gasteiger partial charge in [0.15, 0.2) is 29.9 Å². The van der Waals surface area contributed by atoms with Crippen LogP contribution in [0.5, 0.6) is 0 Å². The number of amides is 1. The van der Waals surface area contributed by atoms with Crippen molar-refractivity contribution in [2.45, 2.75) is 70.6 Å². The van der Waals surface area contributed by atoms with Gasteiger partial charge in [-0.15, -0.1) is 0 Å². The van der Waals surface area contributed by atoms with E-state index >= 15 is 0 Å². The average Bonchev–Trinajstić information content (AvgIpc) is 3.15. The second-order valence-corrected chi connectivity index (χ2v) is 9.05. The Morgan fingerprint density at radius 2 is 1.17 bits per heavy atom. The molecule has 0 atom stereocenters. The average molecular weight is 508 g/mol. The molecule has 2 aliphatic carbocycles. The van der Waals surface area contributed by atoms with Gasteiger partial charge in [0.25, 0.3) is 5.91 Å². The molecule has 1 saturated heterocycles. The summed E-state index contributed by atoms with van der Waals surface area (Å²) in [7, 11) is 0. The Morgan fingerprint density at radius 1 is 0.722 bits per heavy atom. The zero-order chi connectivity index (χ0) is 26.7. The highest BCUT2D eigenvalue weighted by Crippen LogP contribution is 2.33. The Labute approximate surface area is 208 Å². The van der Waals surface area contributed by atoms with Crippen LogP contribution in [0.3, 0.4) is 0 Å². The molecule has 0 spiro atoms. The molecule has 12 heteroatoms. The fourth-order valence-electron chi connectivity index (χ4n) is 4.81. The van der Waals surface area contributed by atoms with E-state index in [0.717, 1.165) is 38.8 Å². The van der Waals surface area contributed by atoms with Gasteiger partial charge in [0.1, 0.15) is 0 Å². The number of hydrogen-bond acceptors (Lipinski definition) is 7. The number of nitrogens with one attached hydrogen (secondary N) is 3. The molecule has 198 valence electrons. The number of likely N-dealkylation sites (tertiary alicyclic amines) is 1. The number of quaternary nitrogens is 1.